The van der Waals surface area contributed by atoms with Crippen molar-refractivity contribution in [3.63, 3.8) is 0 Å². The first-order valence-electron chi connectivity index (χ1n) is 14.3. The molecule has 0 bridgehead atoms. The minimum absolute atomic E-state index is 0.101. The second kappa shape index (κ2) is 13.6. The van der Waals surface area contributed by atoms with E-state index in [9.17, 15) is 22.8 Å². The standard InChI is InChI=1S/C32H31F3N6O3S/c1-20(2)26-17-21(3)6-15-27(26)41-28(42)18-45-31(41)38-30(43)36-16-4-5-22-7-9-23(10-8-22)29-37-19-40(39-29)24-11-13-25(14-12-24)44-32(33,34)35/h6-15,17,19-20H,4-5,16,18H2,1-3H3,(H,36,43)/b38-31-. The van der Waals surface area contributed by atoms with Gasteiger partial charge in [-0.15, -0.1) is 18.3 Å². The van der Waals surface area contributed by atoms with Gasteiger partial charge < -0.3 is 10.1 Å². The van der Waals surface area contributed by atoms with Crippen molar-refractivity contribution in [1.29, 1.82) is 0 Å². The number of nitrogens with zero attached hydrogens (tertiary/aromatic N) is 5. The first kappa shape index (κ1) is 31.8. The molecular weight excluding hydrogens is 605 g/mol. The van der Waals surface area contributed by atoms with E-state index in [1.54, 1.807) is 4.90 Å². The first-order valence-corrected chi connectivity index (χ1v) is 15.3. The van der Waals surface area contributed by atoms with Crippen molar-refractivity contribution >= 4 is 34.6 Å². The number of urea groups is 1. The maximum atomic E-state index is 12.7. The molecule has 1 saturated heterocycles. The Bertz CT molecular complexity index is 1700. The minimum Gasteiger partial charge on any atom is -0.406 e. The fourth-order valence-electron chi connectivity index (χ4n) is 4.78. The predicted octanol–water partition coefficient (Wildman–Crippen LogP) is 7.04. The summed E-state index contributed by atoms with van der Waals surface area (Å²) in [5.74, 6) is 0.483. The van der Waals surface area contributed by atoms with Crippen molar-refractivity contribution in [3.05, 3.63) is 89.7 Å². The van der Waals surface area contributed by atoms with Crippen molar-refractivity contribution in [1.82, 2.24) is 20.1 Å². The molecule has 0 unspecified atom stereocenters. The number of hydrogen-bond acceptors (Lipinski definition) is 6. The van der Waals surface area contributed by atoms with Gasteiger partial charge in [-0.2, -0.15) is 4.99 Å². The van der Waals surface area contributed by atoms with Crippen LogP contribution in [-0.2, 0) is 11.2 Å². The number of rotatable bonds is 9. The second-order valence-corrected chi connectivity index (χ2v) is 11.7. The number of aromatic nitrogens is 3. The topological polar surface area (TPSA) is 102 Å². The van der Waals surface area contributed by atoms with E-state index < -0.39 is 12.4 Å². The summed E-state index contributed by atoms with van der Waals surface area (Å²) in [7, 11) is 0. The molecule has 1 aromatic heterocycles. The van der Waals surface area contributed by atoms with Crippen molar-refractivity contribution in [2.45, 2.75) is 45.9 Å². The molecule has 3 amide bonds. The van der Waals surface area contributed by atoms with Crippen LogP contribution in [0.3, 0.4) is 0 Å². The van der Waals surface area contributed by atoms with E-state index in [4.69, 9.17) is 0 Å². The molecule has 5 rings (SSSR count). The van der Waals surface area contributed by atoms with E-state index in [0.717, 1.165) is 27.9 Å². The number of ether oxygens (including phenoxy) is 1. The van der Waals surface area contributed by atoms with Gasteiger partial charge in [0.05, 0.1) is 17.1 Å². The van der Waals surface area contributed by atoms with Crippen LogP contribution < -0.4 is 15.0 Å². The van der Waals surface area contributed by atoms with Crippen LogP contribution in [0.15, 0.2) is 78.0 Å². The lowest BCUT2D eigenvalue weighted by molar-refractivity contribution is -0.274. The van der Waals surface area contributed by atoms with Gasteiger partial charge in [-0.1, -0.05) is 67.6 Å². The summed E-state index contributed by atoms with van der Waals surface area (Å²) in [6.45, 7) is 6.56. The molecule has 0 aliphatic carbocycles. The van der Waals surface area contributed by atoms with Gasteiger partial charge in [-0.3, -0.25) is 9.69 Å². The smallest absolute Gasteiger partial charge is 0.406 e. The van der Waals surface area contributed by atoms with Crippen LogP contribution in [0.1, 0.15) is 42.9 Å². The molecular formula is C32H31F3N6O3S. The van der Waals surface area contributed by atoms with Crippen LogP contribution >= 0.6 is 11.8 Å². The third kappa shape index (κ3) is 8.09. The monoisotopic (exact) mass is 636 g/mol. The highest BCUT2D eigenvalue weighted by atomic mass is 32.2. The van der Waals surface area contributed by atoms with Gasteiger partial charge in [-0.05, 0) is 67.1 Å². The van der Waals surface area contributed by atoms with Crippen molar-refractivity contribution in [2.24, 2.45) is 4.99 Å². The largest absolute Gasteiger partial charge is 0.573 e. The number of aryl methyl sites for hydroxylation is 2. The number of halogens is 3. The van der Waals surface area contributed by atoms with E-state index in [0.29, 0.717) is 36.1 Å². The molecule has 45 heavy (non-hydrogen) atoms. The third-order valence-corrected chi connectivity index (χ3v) is 7.89. The molecule has 4 aromatic rings. The summed E-state index contributed by atoms with van der Waals surface area (Å²) in [6, 6.07) is 18.5. The number of benzene rings is 3. The lowest BCUT2D eigenvalue weighted by Gasteiger charge is -2.22. The molecule has 1 N–H and O–H groups in total. The number of carbonyl (C=O) groups excluding carboxylic acids is 2. The number of anilines is 1. The number of carbonyl (C=O) groups is 2. The molecule has 0 saturated carbocycles. The summed E-state index contributed by atoms with van der Waals surface area (Å²) < 4.78 is 42.6. The molecule has 9 nitrogen and oxygen atoms in total. The molecule has 0 spiro atoms. The van der Waals surface area contributed by atoms with Crippen molar-refractivity contribution < 1.29 is 27.5 Å². The number of amidine groups is 1. The molecule has 1 fully saturated rings. The maximum absolute atomic E-state index is 12.7. The fourth-order valence-corrected chi connectivity index (χ4v) is 5.64. The Morgan fingerprint density at radius 2 is 1.82 bits per heavy atom. The Balaban J connectivity index is 1.13. The molecule has 3 aromatic carbocycles. The van der Waals surface area contributed by atoms with E-state index >= 15 is 0 Å². The second-order valence-electron chi connectivity index (χ2n) is 10.7. The van der Waals surface area contributed by atoms with Crippen LogP contribution in [0.4, 0.5) is 23.7 Å². The number of amides is 3. The third-order valence-electron chi connectivity index (χ3n) is 6.97. The highest BCUT2D eigenvalue weighted by Gasteiger charge is 2.32. The summed E-state index contributed by atoms with van der Waals surface area (Å²) in [4.78, 5) is 35.4. The predicted molar refractivity (Wildman–Crippen MR) is 168 cm³/mol. The highest BCUT2D eigenvalue weighted by Crippen LogP contribution is 2.34. The number of aliphatic imine (C=N–C) groups is 1. The van der Waals surface area contributed by atoms with Gasteiger partial charge in [0.25, 0.3) is 0 Å². The number of alkyl halides is 3. The van der Waals surface area contributed by atoms with Crippen molar-refractivity contribution in [2.75, 3.05) is 17.2 Å². The van der Waals surface area contributed by atoms with E-state index in [2.05, 4.69) is 45.0 Å². The van der Waals surface area contributed by atoms with Gasteiger partial charge in [0.15, 0.2) is 11.0 Å². The fraction of sp³-hybridized carbons (Fsp3) is 0.281. The van der Waals surface area contributed by atoms with Crippen LogP contribution in [-0.4, -0.2) is 50.5 Å². The van der Waals surface area contributed by atoms with Crippen LogP contribution in [0, 0.1) is 6.92 Å². The molecule has 1 aliphatic heterocycles. The molecule has 1 aliphatic rings. The van der Waals surface area contributed by atoms with Crippen LogP contribution in [0.2, 0.25) is 0 Å². The quantitative estimate of drug-likeness (QED) is 0.198. The Hall–Kier alpha value is -4.65. The molecule has 2 heterocycles. The Labute approximate surface area is 262 Å². The molecule has 0 atom stereocenters. The van der Waals surface area contributed by atoms with Gasteiger partial charge in [0.1, 0.15) is 12.1 Å². The zero-order valence-corrected chi connectivity index (χ0v) is 25.7. The Morgan fingerprint density at radius 1 is 1.09 bits per heavy atom. The molecule has 234 valence electrons. The number of nitrogens with one attached hydrogen (secondary N) is 1. The lowest BCUT2D eigenvalue weighted by Crippen LogP contribution is -2.32. The average molecular weight is 637 g/mol. The SMILES string of the molecule is Cc1ccc(N2C(=O)CS/C2=N\C(=O)NCCCc2ccc(-c3ncn(-c4ccc(OC(F)(F)F)cc4)n3)cc2)c(C(C)C)c1. The summed E-state index contributed by atoms with van der Waals surface area (Å²) in [5.41, 5.74) is 5.27. The Morgan fingerprint density at radius 3 is 2.51 bits per heavy atom. The number of thioether (sulfide) groups is 1. The van der Waals surface area contributed by atoms with E-state index in [-0.39, 0.29) is 23.3 Å². The number of hydrogen-bond donors (Lipinski definition) is 1. The Kier molecular flexibility index (Phi) is 9.57. The summed E-state index contributed by atoms with van der Waals surface area (Å²) in [5, 5.41) is 7.62. The zero-order valence-electron chi connectivity index (χ0n) is 24.8. The van der Waals surface area contributed by atoms with Gasteiger partial charge in [-0.25, -0.2) is 14.5 Å². The zero-order chi connectivity index (χ0) is 32.1. The minimum atomic E-state index is -4.75. The van der Waals surface area contributed by atoms with E-state index in [1.165, 1.54) is 47.0 Å². The van der Waals surface area contributed by atoms with Crippen LogP contribution in [0.5, 0.6) is 5.75 Å². The maximum Gasteiger partial charge on any atom is 0.573 e. The molecule has 13 heteroatoms. The lowest BCUT2D eigenvalue weighted by atomic mass is 9.98. The van der Waals surface area contributed by atoms with Gasteiger partial charge >= 0.3 is 12.4 Å². The van der Waals surface area contributed by atoms with Gasteiger partial charge in [0.2, 0.25) is 5.91 Å². The summed E-state index contributed by atoms with van der Waals surface area (Å²) >= 11 is 1.26. The summed E-state index contributed by atoms with van der Waals surface area (Å²) in [6.07, 6.45) is -1.87. The normalized spacial score (nSPS) is 14.4. The van der Waals surface area contributed by atoms with Crippen LogP contribution in [0.25, 0.3) is 17.1 Å². The first-order chi connectivity index (χ1) is 21.5. The van der Waals surface area contributed by atoms with E-state index in [1.807, 2.05) is 43.3 Å². The molecule has 0 radical (unpaired) electrons. The van der Waals surface area contributed by atoms with Gasteiger partial charge in [0, 0.05) is 12.1 Å². The highest BCUT2D eigenvalue weighted by molar-refractivity contribution is 8.15. The average Bonchev–Trinajstić information content (AvgIpc) is 3.62. The van der Waals surface area contributed by atoms with Crippen molar-refractivity contribution in [3.8, 4) is 22.8 Å².